The van der Waals surface area contributed by atoms with E-state index in [1.165, 1.54) is 5.56 Å². The Morgan fingerprint density at radius 3 is 2.61 bits per heavy atom. The Bertz CT molecular complexity index is 968. The van der Waals surface area contributed by atoms with E-state index in [1.807, 2.05) is 36.1 Å². The van der Waals surface area contributed by atoms with Crippen molar-refractivity contribution in [2.24, 2.45) is 5.92 Å². The quantitative estimate of drug-likeness (QED) is 0.609. The van der Waals surface area contributed by atoms with E-state index in [-0.39, 0.29) is 17.8 Å². The van der Waals surface area contributed by atoms with Gasteiger partial charge in [-0.25, -0.2) is 0 Å². The van der Waals surface area contributed by atoms with E-state index in [0.29, 0.717) is 39.1 Å². The summed E-state index contributed by atoms with van der Waals surface area (Å²) in [6.07, 6.45) is 1.33. The average Bonchev–Trinajstić information content (AvgIpc) is 3.31. The molecule has 1 aliphatic heterocycles. The number of carbonyl (C=O) groups excluding carboxylic acids is 2. The largest absolute Gasteiger partial charge is 0.466 e. The van der Waals surface area contributed by atoms with Crippen molar-refractivity contribution in [3.8, 4) is 0 Å². The van der Waals surface area contributed by atoms with Crippen molar-refractivity contribution in [2.45, 2.75) is 26.3 Å². The minimum Gasteiger partial charge on any atom is -0.466 e. The maximum Gasteiger partial charge on any atom is 0.309 e. The lowest BCUT2D eigenvalue weighted by Gasteiger charge is -2.31. The molecule has 1 aromatic carbocycles. The van der Waals surface area contributed by atoms with Gasteiger partial charge in [-0.2, -0.15) is 0 Å². The summed E-state index contributed by atoms with van der Waals surface area (Å²) in [4.78, 5) is 27.1. The molecule has 0 radical (unpaired) electrons. The SMILES string of the molecule is CCOC(=O)C1CCN(C(=O)c2cc3sccc3n2Cc2ccccc2)CC1. The van der Waals surface area contributed by atoms with Crippen LogP contribution in [0.3, 0.4) is 0 Å². The van der Waals surface area contributed by atoms with Gasteiger partial charge in [-0.15, -0.1) is 11.3 Å². The van der Waals surface area contributed by atoms with Crippen LogP contribution >= 0.6 is 11.3 Å². The first-order chi connectivity index (χ1) is 13.7. The molecule has 3 heterocycles. The summed E-state index contributed by atoms with van der Waals surface area (Å²) in [6, 6.07) is 14.3. The first-order valence-corrected chi connectivity index (χ1v) is 10.6. The molecular formula is C22H24N2O3S. The van der Waals surface area contributed by atoms with Crippen molar-refractivity contribution in [1.82, 2.24) is 9.47 Å². The molecule has 1 fully saturated rings. The summed E-state index contributed by atoms with van der Waals surface area (Å²) in [5.74, 6) is -0.187. The molecule has 1 saturated heterocycles. The predicted octanol–water partition coefficient (Wildman–Crippen LogP) is 4.17. The number of thiophene rings is 1. The van der Waals surface area contributed by atoms with E-state index in [4.69, 9.17) is 4.74 Å². The number of piperidine rings is 1. The number of amides is 1. The zero-order valence-electron chi connectivity index (χ0n) is 16.0. The Morgan fingerprint density at radius 1 is 1.14 bits per heavy atom. The Kier molecular flexibility index (Phi) is 5.48. The Balaban J connectivity index is 1.54. The number of hydrogen-bond donors (Lipinski definition) is 0. The lowest BCUT2D eigenvalue weighted by atomic mass is 9.97. The lowest BCUT2D eigenvalue weighted by Crippen LogP contribution is -2.41. The predicted molar refractivity (Wildman–Crippen MR) is 111 cm³/mol. The molecule has 4 rings (SSSR count). The monoisotopic (exact) mass is 396 g/mol. The second kappa shape index (κ2) is 8.19. The zero-order valence-corrected chi connectivity index (χ0v) is 16.8. The van der Waals surface area contributed by atoms with Gasteiger partial charge in [-0.1, -0.05) is 30.3 Å². The van der Waals surface area contributed by atoms with Crippen LogP contribution in [0.2, 0.25) is 0 Å². The normalized spacial score (nSPS) is 15.1. The van der Waals surface area contributed by atoms with Gasteiger partial charge < -0.3 is 14.2 Å². The molecule has 0 unspecified atom stereocenters. The number of aromatic nitrogens is 1. The molecule has 0 aliphatic carbocycles. The molecule has 28 heavy (non-hydrogen) atoms. The number of rotatable bonds is 5. The number of fused-ring (bicyclic) bond motifs is 1. The third kappa shape index (κ3) is 3.69. The summed E-state index contributed by atoms with van der Waals surface area (Å²) < 4.78 is 8.37. The molecule has 2 aromatic heterocycles. The van der Waals surface area contributed by atoms with Crippen molar-refractivity contribution in [2.75, 3.05) is 19.7 Å². The van der Waals surface area contributed by atoms with Crippen LogP contribution in [0.1, 0.15) is 35.8 Å². The highest BCUT2D eigenvalue weighted by molar-refractivity contribution is 7.17. The molecule has 0 bridgehead atoms. The Labute approximate surface area is 168 Å². The molecule has 1 aliphatic rings. The molecule has 146 valence electrons. The smallest absolute Gasteiger partial charge is 0.309 e. The molecular weight excluding hydrogens is 372 g/mol. The van der Waals surface area contributed by atoms with E-state index in [9.17, 15) is 9.59 Å². The minimum atomic E-state index is -0.137. The number of ether oxygens (including phenoxy) is 1. The number of carbonyl (C=O) groups is 2. The van der Waals surface area contributed by atoms with E-state index < -0.39 is 0 Å². The van der Waals surface area contributed by atoms with Gasteiger partial charge in [0.1, 0.15) is 5.69 Å². The molecule has 0 spiro atoms. The third-order valence-electron chi connectivity index (χ3n) is 5.33. The number of likely N-dealkylation sites (tertiary alicyclic amines) is 1. The summed E-state index contributed by atoms with van der Waals surface area (Å²) in [6.45, 7) is 4.07. The van der Waals surface area contributed by atoms with Crippen molar-refractivity contribution in [3.05, 3.63) is 59.1 Å². The van der Waals surface area contributed by atoms with Crippen LogP contribution in [0, 0.1) is 5.92 Å². The number of benzene rings is 1. The van der Waals surface area contributed by atoms with Gasteiger partial charge in [-0.05, 0) is 42.8 Å². The van der Waals surface area contributed by atoms with Gasteiger partial charge in [0.15, 0.2) is 0 Å². The molecule has 0 atom stereocenters. The van der Waals surface area contributed by atoms with Gasteiger partial charge in [0.25, 0.3) is 5.91 Å². The molecule has 6 heteroatoms. The third-order valence-corrected chi connectivity index (χ3v) is 6.18. The second-order valence-electron chi connectivity index (χ2n) is 7.09. The summed E-state index contributed by atoms with van der Waals surface area (Å²) >= 11 is 1.65. The van der Waals surface area contributed by atoms with Crippen LogP contribution in [-0.2, 0) is 16.1 Å². The number of hydrogen-bond acceptors (Lipinski definition) is 4. The van der Waals surface area contributed by atoms with Crippen molar-refractivity contribution < 1.29 is 14.3 Å². The second-order valence-corrected chi connectivity index (χ2v) is 8.04. The first-order valence-electron chi connectivity index (χ1n) is 9.74. The molecule has 0 saturated carbocycles. The molecule has 5 nitrogen and oxygen atoms in total. The van der Waals surface area contributed by atoms with E-state index >= 15 is 0 Å². The van der Waals surface area contributed by atoms with Crippen LogP contribution < -0.4 is 0 Å². The standard InChI is InChI=1S/C22H24N2O3S/c1-2-27-22(26)17-8-11-23(12-9-17)21(25)19-14-20-18(10-13-28-20)24(19)15-16-6-4-3-5-7-16/h3-7,10,13-14,17H,2,8-9,11-12,15H2,1H3. The summed E-state index contributed by atoms with van der Waals surface area (Å²) in [5, 5.41) is 2.06. The highest BCUT2D eigenvalue weighted by Crippen LogP contribution is 2.28. The Morgan fingerprint density at radius 2 is 1.89 bits per heavy atom. The maximum atomic E-state index is 13.3. The zero-order chi connectivity index (χ0) is 19.5. The van der Waals surface area contributed by atoms with Crippen molar-refractivity contribution in [3.63, 3.8) is 0 Å². The van der Waals surface area contributed by atoms with Gasteiger partial charge in [-0.3, -0.25) is 9.59 Å². The van der Waals surface area contributed by atoms with Crippen molar-refractivity contribution in [1.29, 1.82) is 0 Å². The highest BCUT2D eigenvalue weighted by atomic mass is 32.1. The fraction of sp³-hybridized carbons (Fsp3) is 0.364. The summed E-state index contributed by atoms with van der Waals surface area (Å²) in [5.41, 5.74) is 2.99. The van der Waals surface area contributed by atoms with Gasteiger partial charge in [0, 0.05) is 19.6 Å². The molecule has 0 N–H and O–H groups in total. The van der Waals surface area contributed by atoms with Gasteiger partial charge >= 0.3 is 5.97 Å². The van der Waals surface area contributed by atoms with Crippen LogP contribution in [-0.4, -0.2) is 41.0 Å². The van der Waals surface area contributed by atoms with Gasteiger partial charge in [0.2, 0.25) is 0 Å². The fourth-order valence-corrected chi connectivity index (χ4v) is 4.65. The fourth-order valence-electron chi connectivity index (χ4n) is 3.83. The molecule has 3 aromatic rings. The number of nitrogens with zero attached hydrogens (tertiary/aromatic N) is 2. The topological polar surface area (TPSA) is 51.5 Å². The Hall–Kier alpha value is -2.60. The van der Waals surface area contributed by atoms with E-state index in [0.717, 1.165) is 15.9 Å². The highest BCUT2D eigenvalue weighted by Gasteiger charge is 2.30. The number of esters is 1. The molecule has 1 amide bonds. The van der Waals surface area contributed by atoms with E-state index in [2.05, 4.69) is 28.1 Å². The maximum absolute atomic E-state index is 13.3. The van der Waals surface area contributed by atoms with E-state index in [1.54, 1.807) is 11.3 Å². The average molecular weight is 397 g/mol. The lowest BCUT2D eigenvalue weighted by molar-refractivity contribution is -0.149. The van der Waals surface area contributed by atoms with Crippen LogP contribution in [0.25, 0.3) is 10.2 Å². The van der Waals surface area contributed by atoms with Crippen molar-refractivity contribution >= 4 is 33.4 Å². The minimum absolute atomic E-state index is 0.0432. The summed E-state index contributed by atoms with van der Waals surface area (Å²) in [7, 11) is 0. The van der Waals surface area contributed by atoms with Gasteiger partial charge in [0.05, 0.1) is 22.7 Å². The first kappa shape index (κ1) is 18.7. The van der Waals surface area contributed by atoms with Crippen LogP contribution in [0.5, 0.6) is 0 Å². The van der Waals surface area contributed by atoms with Crippen LogP contribution in [0.15, 0.2) is 47.8 Å². The van der Waals surface area contributed by atoms with Crippen LogP contribution in [0.4, 0.5) is 0 Å².